The Bertz CT molecular complexity index is 592. The third kappa shape index (κ3) is 2.62. The Morgan fingerprint density at radius 1 is 1.25 bits per heavy atom. The summed E-state index contributed by atoms with van der Waals surface area (Å²) in [7, 11) is 0. The van der Waals surface area contributed by atoms with Crippen molar-refractivity contribution < 1.29 is 4.42 Å². The molecule has 2 heteroatoms. The van der Waals surface area contributed by atoms with Crippen LogP contribution in [0.15, 0.2) is 28.7 Å². The molecule has 0 saturated heterocycles. The van der Waals surface area contributed by atoms with Crippen molar-refractivity contribution in [1.29, 1.82) is 0 Å². The maximum atomic E-state index is 6.05. The van der Waals surface area contributed by atoms with Crippen LogP contribution < -0.4 is 5.32 Å². The molecule has 3 rings (SSSR count). The summed E-state index contributed by atoms with van der Waals surface area (Å²) in [5.74, 6) is 1.16. The summed E-state index contributed by atoms with van der Waals surface area (Å²) < 4.78 is 6.05. The molecule has 1 aromatic carbocycles. The highest BCUT2D eigenvalue weighted by Gasteiger charge is 2.29. The molecular weight excluding hydrogens is 246 g/mol. The largest absolute Gasteiger partial charge is 0.461 e. The van der Waals surface area contributed by atoms with E-state index in [4.69, 9.17) is 4.42 Å². The van der Waals surface area contributed by atoms with E-state index in [1.54, 1.807) is 0 Å². The van der Waals surface area contributed by atoms with Crippen molar-refractivity contribution in [2.45, 2.75) is 57.9 Å². The molecule has 0 bridgehead atoms. The van der Waals surface area contributed by atoms with Crippen molar-refractivity contribution in [1.82, 2.24) is 5.32 Å². The Kier molecular flexibility index (Phi) is 3.59. The third-order valence-electron chi connectivity index (χ3n) is 4.43. The average Bonchev–Trinajstić information content (AvgIpc) is 3.16. The van der Waals surface area contributed by atoms with Gasteiger partial charge in [0.05, 0.1) is 0 Å². The summed E-state index contributed by atoms with van der Waals surface area (Å²) in [5, 5.41) is 4.92. The van der Waals surface area contributed by atoms with Gasteiger partial charge in [-0.1, -0.05) is 39.0 Å². The van der Waals surface area contributed by atoms with Crippen molar-refractivity contribution in [3.63, 3.8) is 0 Å². The Morgan fingerprint density at radius 3 is 2.70 bits per heavy atom. The molecule has 0 spiro atoms. The summed E-state index contributed by atoms with van der Waals surface area (Å²) in [5.41, 5.74) is 2.59. The van der Waals surface area contributed by atoms with E-state index < -0.39 is 0 Å². The molecule has 0 amide bonds. The maximum Gasteiger partial charge on any atom is 0.134 e. The number of fused-ring (bicyclic) bond motifs is 1. The quantitative estimate of drug-likeness (QED) is 0.841. The first-order valence-corrected chi connectivity index (χ1v) is 7.86. The highest BCUT2D eigenvalue weighted by atomic mass is 16.3. The first-order chi connectivity index (χ1) is 9.62. The minimum atomic E-state index is 0.153. The molecule has 1 N–H and O–H groups in total. The third-order valence-corrected chi connectivity index (χ3v) is 4.43. The van der Waals surface area contributed by atoms with E-state index >= 15 is 0 Å². The molecule has 20 heavy (non-hydrogen) atoms. The van der Waals surface area contributed by atoms with Crippen LogP contribution in [0, 0.1) is 0 Å². The summed E-state index contributed by atoms with van der Waals surface area (Å²) in [6, 6.07) is 9.23. The smallest absolute Gasteiger partial charge is 0.134 e. The van der Waals surface area contributed by atoms with Gasteiger partial charge >= 0.3 is 0 Å². The molecule has 2 nitrogen and oxygen atoms in total. The predicted molar refractivity (Wildman–Crippen MR) is 84.3 cm³/mol. The molecule has 1 saturated carbocycles. The summed E-state index contributed by atoms with van der Waals surface area (Å²) in [6.07, 6.45) is 4.83. The van der Waals surface area contributed by atoms with Crippen molar-refractivity contribution >= 4 is 11.0 Å². The number of hydrogen-bond acceptors (Lipinski definition) is 2. The first kappa shape index (κ1) is 13.7. The first-order valence-electron chi connectivity index (χ1n) is 7.86. The molecule has 0 atom stereocenters. The molecule has 108 valence electrons. The molecule has 1 fully saturated rings. The molecule has 1 aliphatic rings. The average molecular weight is 271 g/mol. The van der Waals surface area contributed by atoms with Crippen LogP contribution >= 0.6 is 0 Å². The minimum absolute atomic E-state index is 0.153. The van der Waals surface area contributed by atoms with Crippen molar-refractivity contribution in [2.24, 2.45) is 0 Å². The van der Waals surface area contributed by atoms with Gasteiger partial charge in [-0.15, -0.1) is 0 Å². The second kappa shape index (κ2) is 5.25. The molecular formula is C18H25NO. The zero-order chi connectivity index (χ0) is 14.2. The number of nitrogens with one attached hydrogen (secondary N) is 1. The van der Waals surface area contributed by atoms with E-state index in [0.29, 0.717) is 0 Å². The lowest BCUT2D eigenvalue weighted by Crippen LogP contribution is -2.27. The summed E-state index contributed by atoms with van der Waals surface area (Å²) in [4.78, 5) is 0. The Balaban J connectivity index is 1.89. The van der Waals surface area contributed by atoms with Crippen LogP contribution in [-0.4, -0.2) is 12.6 Å². The van der Waals surface area contributed by atoms with Crippen LogP contribution in [0.3, 0.4) is 0 Å². The van der Waals surface area contributed by atoms with Gasteiger partial charge in [-0.3, -0.25) is 0 Å². The molecule has 0 unspecified atom stereocenters. The van der Waals surface area contributed by atoms with Crippen molar-refractivity contribution in [3.05, 3.63) is 35.6 Å². The highest BCUT2D eigenvalue weighted by molar-refractivity contribution is 5.83. The van der Waals surface area contributed by atoms with Gasteiger partial charge in [0.2, 0.25) is 0 Å². The second-order valence-corrected chi connectivity index (χ2v) is 6.61. The second-order valence-electron chi connectivity index (χ2n) is 6.61. The van der Waals surface area contributed by atoms with Crippen LogP contribution in [0.25, 0.3) is 11.0 Å². The van der Waals surface area contributed by atoms with Gasteiger partial charge in [-0.05, 0) is 37.3 Å². The molecule has 1 aromatic heterocycles. The lowest BCUT2D eigenvalue weighted by molar-refractivity contribution is 0.440. The zero-order valence-corrected chi connectivity index (χ0v) is 12.8. The van der Waals surface area contributed by atoms with E-state index in [1.807, 2.05) is 0 Å². The van der Waals surface area contributed by atoms with Crippen LogP contribution in [0.4, 0.5) is 0 Å². The zero-order valence-electron chi connectivity index (χ0n) is 12.8. The lowest BCUT2D eigenvalue weighted by Gasteiger charge is -2.25. The van der Waals surface area contributed by atoms with Crippen molar-refractivity contribution in [3.8, 4) is 0 Å². The lowest BCUT2D eigenvalue weighted by atomic mass is 9.79. The van der Waals surface area contributed by atoms with Gasteiger partial charge in [0.15, 0.2) is 0 Å². The van der Waals surface area contributed by atoms with Gasteiger partial charge in [0.1, 0.15) is 11.3 Å². The number of benzene rings is 1. The highest BCUT2D eigenvalue weighted by Crippen LogP contribution is 2.38. The van der Waals surface area contributed by atoms with E-state index in [-0.39, 0.29) is 5.41 Å². The minimum Gasteiger partial charge on any atom is -0.461 e. The molecule has 1 heterocycles. The maximum absolute atomic E-state index is 6.05. The number of hydrogen-bond donors (Lipinski definition) is 1. The van der Waals surface area contributed by atoms with Gasteiger partial charge in [-0.2, -0.15) is 0 Å². The molecule has 2 aromatic rings. The fourth-order valence-corrected chi connectivity index (χ4v) is 3.09. The van der Waals surface area contributed by atoms with Crippen molar-refractivity contribution in [2.75, 3.05) is 6.54 Å². The van der Waals surface area contributed by atoms with Gasteiger partial charge < -0.3 is 9.73 Å². The van der Waals surface area contributed by atoms with E-state index in [2.05, 4.69) is 50.4 Å². The number of para-hydroxylation sites is 1. The molecule has 1 aliphatic carbocycles. The van der Waals surface area contributed by atoms with Gasteiger partial charge in [-0.25, -0.2) is 0 Å². The van der Waals surface area contributed by atoms with E-state index in [9.17, 15) is 0 Å². The van der Waals surface area contributed by atoms with Crippen LogP contribution in [0.1, 0.15) is 51.4 Å². The number of furan rings is 1. The Morgan fingerprint density at radius 2 is 2.00 bits per heavy atom. The monoisotopic (exact) mass is 271 g/mol. The fraction of sp³-hybridized carbons (Fsp3) is 0.556. The van der Waals surface area contributed by atoms with Crippen LogP contribution in [0.2, 0.25) is 0 Å². The summed E-state index contributed by atoms with van der Waals surface area (Å²) in [6.45, 7) is 7.97. The topological polar surface area (TPSA) is 25.2 Å². The van der Waals surface area contributed by atoms with Crippen LogP contribution in [-0.2, 0) is 11.8 Å². The van der Waals surface area contributed by atoms with E-state index in [0.717, 1.165) is 36.8 Å². The number of rotatable bonds is 6. The summed E-state index contributed by atoms with van der Waals surface area (Å²) >= 11 is 0. The SMILES string of the molecule is CCc1oc2ccccc2c1C(C)(C)CCNC1CC1. The fourth-order valence-electron chi connectivity index (χ4n) is 3.09. The number of aryl methyl sites for hydroxylation is 1. The van der Waals surface area contributed by atoms with Gasteiger partial charge in [0, 0.05) is 23.4 Å². The standard InChI is InChI=1S/C18H25NO/c1-4-15-17(14-7-5-6-8-16(14)20-15)18(2,3)11-12-19-13-9-10-13/h5-8,13,19H,4,9-12H2,1-3H3. The molecule has 0 radical (unpaired) electrons. The normalized spacial score (nSPS) is 15.9. The van der Waals surface area contributed by atoms with E-state index in [1.165, 1.54) is 23.8 Å². The Hall–Kier alpha value is -1.28. The molecule has 0 aliphatic heterocycles. The van der Waals surface area contributed by atoms with Crippen LogP contribution in [0.5, 0.6) is 0 Å². The van der Waals surface area contributed by atoms with Gasteiger partial charge in [0.25, 0.3) is 0 Å². The Labute approximate surface area is 121 Å². The predicted octanol–water partition coefficient (Wildman–Crippen LogP) is 4.41.